The lowest BCUT2D eigenvalue weighted by atomic mass is 10.0. The highest BCUT2D eigenvalue weighted by molar-refractivity contribution is 9.10. The maximum Gasteiger partial charge on any atom is 0.0789 e. The van der Waals surface area contributed by atoms with Crippen LogP contribution in [0.2, 0.25) is 0 Å². The van der Waals surface area contributed by atoms with Crippen LogP contribution in [0, 0.1) is 6.92 Å². The maximum atomic E-state index is 9.83. The van der Waals surface area contributed by atoms with Gasteiger partial charge in [0.2, 0.25) is 0 Å². The Morgan fingerprint density at radius 1 is 1.40 bits per heavy atom. The molecule has 2 N–H and O–H groups in total. The molecular formula is C12H18BrNO. The summed E-state index contributed by atoms with van der Waals surface area (Å²) < 4.78 is 1.02. The number of anilines is 1. The first-order valence-corrected chi connectivity index (χ1v) is 5.85. The molecule has 1 unspecified atom stereocenters. The van der Waals surface area contributed by atoms with Crippen LogP contribution in [0.15, 0.2) is 22.7 Å². The number of nitrogens with one attached hydrogen (secondary N) is 1. The van der Waals surface area contributed by atoms with Crippen molar-refractivity contribution in [3.63, 3.8) is 0 Å². The van der Waals surface area contributed by atoms with E-state index in [1.807, 2.05) is 26.0 Å². The second-order valence-corrected chi connectivity index (χ2v) is 5.36. The standard InChI is InChI=1S/C12H18BrNO/c1-8-5-6-10(13)11(7-8)14-9(2)12(3,4)15/h5-7,9,14-15H,1-4H3. The van der Waals surface area contributed by atoms with Crippen molar-refractivity contribution < 1.29 is 5.11 Å². The molecule has 0 radical (unpaired) electrons. The lowest BCUT2D eigenvalue weighted by molar-refractivity contribution is 0.0649. The van der Waals surface area contributed by atoms with Gasteiger partial charge in [-0.05, 0) is 61.3 Å². The van der Waals surface area contributed by atoms with E-state index in [1.165, 1.54) is 5.56 Å². The number of benzene rings is 1. The van der Waals surface area contributed by atoms with E-state index in [-0.39, 0.29) is 6.04 Å². The molecule has 1 atom stereocenters. The van der Waals surface area contributed by atoms with Gasteiger partial charge in [0.1, 0.15) is 0 Å². The lowest BCUT2D eigenvalue weighted by Crippen LogP contribution is -2.39. The molecule has 0 saturated heterocycles. The van der Waals surface area contributed by atoms with Crippen LogP contribution >= 0.6 is 15.9 Å². The predicted molar refractivity (Wildman–Crippen MR) is 68.3 cm³/mol. The maximum absolute atomic E-state index is 9.83. The van der Waals surface area contributed by atoms with E-state index in [0.717, 1.165) is 10.2 Å². The van der Waals surface area contributed by atoms with Gasteiger partial charge in [-0.3, -0.25) is 0 Å². The minimum absolute atomic E-state index is 0.00407. The van der Waals surface area contributed by atoms with Gasteiger partial charge in [0.15, 0.2) is 0 Å². The zero-order valence-corrected chi connectivity index (χ0v) is 11.2. The summed E-state index contributed by atoms with van der Waals surface area (Å²) >= 11 is 3.48. The average Bonchev–Trinajstić information content (AvgIpc) is 2.09. The quantitative estimate of drug-likeness (QED) is 0.884. The van der Waals surface area contributed by atoms with Crippen LogP contribution in [0.5, 0.6) is 0 Å². The van der Waals surface area contributed by atoms with Gasteiger partial charge in [-0.2, -0.15) is 0 Å². The molecule has 0 aromatic heterocycles. The molecule has 0 fully saturated rings. The Balaban J connectivity index is 2.85. The minimum Gasteiger partial charge on any atom is -0.388 e. The summed E-state index contributed by atoms with van der Waals surface area (Å²) in [4.78, 5) is 0. The van der Waals surface area contributed by atoms with Crippen LogP contribution in [0.25, 0.3) is 0 Å². The van der Waals surface area contributed by atoms with Gasteiger partial charge in [0, 0.05) is 10.2 Å². The first kappa shape index (κ1) is 12.5. The third-order valence-corrected chi connectivity index (χ3v) is 3.25. The number of hydrogen-bond donors (Lipinski definition) is 2. The van der Waals surface area contributed by atoms with E-state index in [1.54, 1.807) is 13.8 Å². The van der Waals surface area contributed by atoms with Crippen molar-refractivity contribution in [2.45, 2.75) is 39.3 Å². The average molecular weight is 272 g/mol. The monoisotopic (exact) mass is 271 g/mol. The third kappa shape index (κ3) is 3.50. The molecule has 2 nitrogen and oxygen atoms in total. The van der Waals surface area contributed by atoms with Crippen molar-refractivity contribution in [1.82, 2.24) is 0 Å². The zero-order chi connectivity index (χ0) is 11.6. The fraction of sp³-hybridized carbons (Fsp3) is 0.500. The molecule has 84 valence electrons. The van der Waals surface area contributed by atoms with Gasteiger partial charge in [-0.1, -0.05) is 6.07 Å². The Bertz CT molecular complexity index is 344. The largest absolute Gasteiger partial charge is 0.388 e. The van der Waals surface area contributed by atoms with Crippen LogP contribution < -0.4 is 5.32 Å². The van der Waals surface area contributed by atoms with E-state index in [4.69, 9.17) is 0 Å². The van der Waals surface area contributed by atoms with Crippen molar-refractivity contribution in [3.8, 4) is 0 Å². The van der Waals surface area contributed by atoms with Crippen molar-refractivity contribution in [2.24, 2.45) is 0 Å². The van der Waals surface area contributed by atoms with Crippen molar-refractivity contribution in [3.05, 3.63) is 28.2 Å². The zero-order valence-electron chi connectivity index (χ0n) is 9.63. The second kappa shape index (κ2) is 4.54. The van der Waals surface area contributed by atoms with E-state index in [9.17, 15) is 5.11 Å². The topological polar surface area (TPSA) is 32.3 Å². The molecule has 0 amide bonds. The molecule has 3 heteroatoms. The summed E-state index contributed by atoms with van der Waals surface area (Å²) in [7, 11) is 0. The molecular weight excluding hydrogens is 254 g/mol. The van der Waals surface area contributed by atoms with Crippen molar-refractivity contribution >= 4 is 21.6 Å². The Labute approximate surface area is 99.8 Å². The van der Waals surface area contributed by atoms with E-state index >= 15 is 0 Å². The Hall–Kier alpha value is -0.540. The summed E-state index contributed by atoms with van der Waals surface area (Å²) in [6.07, 6.45) is 0. The van der Waals surface area contributed by atoms with Gasteiger partial charge in [0.25, 0.3) is 0 Å². The Kier molecular flexibility index (Phi) is 3.79. The van der Waals surface area contributed by atoms with Gasteiger partial charge < -0.3 is 10.4 Å². The molecule has 15 heavy (non-hydrogen) atoms. The van der Waals surface area contributed by atoms with Gasteiger partial charge in [-0.15, -0.1) is 0 Å². The van der Waals surface area contributed by atoms with Gasteiger partial charge in [0.05, 0.1) is 11.6 Å². The van der Waals surface area contributed by atoms with Crippen LogP contribution in [0.3, 0.4) is 0 Å². The molecule has 1 aromatic carbocycles. The minimum atomic E-state index is -0.733. The number of aliphatic hydroxyl groups is 1. The number of rotatable bonds is 3. The first-order chi connectivity index (χ1) is 6.80. The number of halogens is 1. The Morgan fingerprint density at radius 3 is 2.53 bits per heavy atom. The highest BCUT2D eigenvalue weighted by Gasteiger charge is 2.22. The van der Waals surface area contributed by atoms with Crippen LogP contribution in [-0.2, 0) is 0 Å². The first-order valence-electron chi connectivity index (χ1n) is 5.06. The molecule has 1 rings (SSSR count). The predicted octanol–water partition coefficient (Wildman–Crippen LogP) is 3.33. The molecule has 0 bridgehead atoms. The number of hydrogen-bond acceptors (Lipinski definition) is 2. The summed E-state index contributed by atoms with van der Waals surface area (Å²) in [6.45, 7) is 7.61. The highest BCUT2D eigenvalue weighted by Crippen LogP contribution is 2.25. The molecule has 0 spiro atoms. The molecule has 0 aliphatic heterocycles. The van der Waals surface area contributed by atoms with Gasteiger partial charge >= 0.3 is 0 Å². The summed E-state index contributed by atoms with van der Waals surface area (Å²) in [5, 5.41) is 13.1. The van der Waals surface area contributed by atoms with Gasteiger partial charge in [-0.25, -0.2) is 0 Å². The molecule has 0 aliphatic carbocycles. The molecule has 0 saturated carbocycles. The normalized spacial score (nSPS) is 13.7. The van der Waals surface area contributed by atoms with Crippen LogP contribution in [-0.4, -0.2) is 16.7 Å². The summed E-state index contributed by atoms with van der Waals surface area (Å²) in [5.74, 6) is 0. The fourth-order valence-corrected chi connectivity index (χ4v) is 1.52. The van der Waals surface area contributed by atoms with E-state index in [0.29, 0.717) is 0 Å². The highest BCUT2D eigenvalue weighted by atomic mass is 79.9. The summed E-state index contributed by atoms with van der Waals surface area (Å²) in [6, 6.07) is 6.11. The van der Waals surface area contributed by atoms with Crippen LogP contribution in [0.1, 0.15) is 26.3 Å². The van der Waals surface area contributed by atoms with Crippen molar-refractivity contribution in [1.29, 1.82) is 0 Å². The molecule has 0 heterocycles. The second-order valence-electron chi connectivity index (χ2n) is 4.50. The molecule has 0 aliphatic rings. The molecule has 1 aromatic rings. The lowest BCUT2D eigenvalue weighted by Gasteiger charge is -2.28. The van der Waals surface area contributed by atoms with E-state index < -0.39 is 5.60 Å². The van der Waals surface area contributed by atoms with E-state index in [2.05, 4.69) is 27.3 Å². The van der Waals surface area contributed by atoms with Crippen LogP contribution in [0.4, 0.5) is 5.69 Å². The summed E-state index contributed by atoms with van der Waals surface area (Å²) in [5.41, 5.74) is 1.48. The number of aryl methyl sites for hydroxylation is 1. The SMILES string of the molecule is Cc1ccc(Br)c(NC(C)C(C)(C)O)c1. The third-order valence-electron chi connectivity index (χ3n) is 2.55. The fourth-order valence-electron chi connectivity index (χ4n) is 1.16. The Morgan fingerprint density at radius 2 is 2.00 bits per heavy atom. The smallest absolute Gasteiger partial charge is 0.0789 e. The van der Waals surface area contributed by atoms with Crippen molar-refractivity contribution in [2.75, 3.05) is 5.32 Å².